The standard InChI is InChI=1S/C10H12N2O/c13-10(12-11-9-6-7-9)8-4-2-1-3-5-8/h1-5,9,11H,6-7H2,(H,12,13). The van der Waals surface area contributed by atoms with Crippen LogP contribution < -0.4 is 10.9 Å². The van der Waals surface area contributed by atoms with Gasteiger partial charge in [-0.05, 0) is 25.0 Å². The molecular formula is C10H12N2O. The molecule has 0 aliphatic heterocycles. The van der Waals surface area contributed by atoms with Crippen molar-refractivity contribution in [1.82, 2.24) is 10.9 Å². The van der Waals surface area contributed by atoms with Gasteiger partial charge in [0.2, 0.25) is 0 Å². The number of hydrogen-bond acceptors (Lipinski definition) is 2. The smallest absolute Gasteiger partial charge is 0.265 e. The second-order valence-corrected chi connectivity index (χ2v) is 3.24. The Morgan fingerprint density at radius 2 is 1.92 bits per heavy atom. The molecule has 0 radical (unpaired) electrons. The van der Waals surface area contributed by atoms with E-state index in [9.17, 15) is 4.79 Å². The molecule has 1 aromatic carbocycles. The maximum Gasteiger partial charge on any atom is 0.265 e. The lowest BCUT2D eigenvalue weighted by molar-refractivity contribution is 0.0932. The number of benzene rings is 1. The highest BCUT2D eigenvalue weighted by molar-refractivity contribution is 5.93. The first-order valence-corrected chi connectivity index (χ1v) is 4.47. The van der Waals surface area contributed by atoms with Crippen LogP contribution in [0.2, 0.25) is 0 Å². The van der Waals surface area contributed by atoms with Crippen LogP contribution in [0.15, 0.2) is 30.3 Å². The fourth-order valence-electron chi connectivity index (χ4n) is 1.06. The fraction of sp³-hybridized carbons (Fsp3) is 0.300. The Labute approximate surface area is 77.1 Å². The summed E-state index contributed by atoms with van der Waals surface area (Å²) in [7, 11) is 0. The topological polar surface area (TPSA) is 41.1 Å². The monoisotopic (exact) mass is 176 g/mol. The lowest BCUT2D eigenvalue weighted by Crippen LogP contribution is -2.38. The van der Waals surface area contributed by atoms with Crippen LogP contribution in [-0.4, -0.2) is 11.9 Å². The van der Waals surface area contributed by atoms with Crippen molar-refractivity contribution in [2.24, 2.45) is 0 Å². The average molecular weight is 176 g/mol. The van der Waals surface area contributed by atoms with E-state index in [0.717, 1.165) is 12.8 Å². The molecule has 1 amide bonds. The zero-order valence-corrected chi connectivity index (χ0v) is 7.29. The molecule has 1 fully saturated rings. The Hall–Kier alpha value is -1.35. The van der Waals surface area contributed by atoms with Crippen molar-refractivity contribution in [2.75, 3.05) is 0 Å². The van der Waals surface area contributed by atoms with Gasteiger partial charge >= 0.3 is 0 Å². The second-order valence-electron chi connectivity index (χ2n) is 3.24. The van der Waals surface area contributed by atoms with E-state index in [4.69, 9.17) is 0 Å². The first kappa shape index (κ1) is 8.26. The predicted octanol–water partition coefficient (Wildman–Crippen LogP) is 1.08. The molecule has 2 N–H and O–H groups in total. The summed E-state index contributed by atoms with van der Waals surface area (Å²) in [6, 6.07) is 9.68. The van der Waals surface area contributed by atoms with Crippen molar-refractivity contribution < 1.29 is 4.79 Å². The molecule has 1 saturated carbocycles. The van der Waals surface area contributed by atoms with Gasteiger partial charge in [0.15, 0.2) is 0 Å². The Morgan fingerprint density at radius 3 is 2.54 bits per heavy atom. The summed E-state index contributed by atoms with van der Waals surface area (Å²) < 4.78 is 0. The highest BCUT2D eigenvalue weighted by atomic mass is 16.2. The van der Waals surface area contributed by atoms with Crippen LogP contribution in [0.4, 0.5) is 0 Å². The highest BCUT2D eigenvalue weighted by Crippen LogP contribution is 2.17. The zero-order chi connectivity index (χ0) is 9.10. The molecule has 0 unspecified atom stereocenters. The van der Waals surface area contributed by atoms with Crippen molar-refractivity contribution in [3.8, 4) is 0 Å². The summed E-state index contributed by atoms with van der Waals surface area (Å²) in [5.74, 6) is -0.0625. The third-order valence-corrected chi connectivity index (χ3v) is 2.00. The maximum atomic E-state index is 11.4. The Balaban J connectivity index is 1.89. The van der Waals surface area contributed by atoms with Gasteiger partial charge in [-0.1, -0.05) is 18.2 Å². The van der Waals surface area contributed by atoms with Crippen molar-refractivity contribution in [1.29, 1.82) is 0 Å². The third-order valence-electron chi connectivity index (χ3n) is 2.00. The van der Waals surface area contributed by atoms with Crippen molar-refractivity contribution in [3.05, 3.63) is 35.9 Å². The molecule has 1 aliphatic rings. The van der Waals surface area contributed by atoms with Gasteiger partial charge in [0.25, 0.3) is 5.91 Å². The number of rotatable bonds is 3. The number of amides is 1. The molecule has 0 bridgehead atoms. The molecule has 0 heterocycles. The summed E-state index contributed by atoms with van der Waals surface area (Å²) in [5.41, 5.74) is 6.32. The minimum absolute atomic E-state index is 0.0625. The van der Waals surface area contributed by atoms with Gasteiger partial charge in [-0.25, -0.2) is 5.43 Å². The molecule has 0 saturated heterocycles. The summed E-state index contributed by atoms with van der Waals surface area (Å²) >= 11 is 0. The average Bonchev–Trinajstić information content (AvgIpc) is 2.99. The van der Waals surface area contributed by atoms with Gasteiger partial charge in [-0.3, -0.25) is 10.2 Å². The van der Waals surface area contributed by atoms with E-state index in [0.29, 0.717) is 11.6 Å². The third kappa shape index (κ3) is 2.29. The molecule has 1 aliphatic carbocycles. The zero-order valence-electron chi connectivity index (χ0n) is 7.29. The minimum atomic E-state index is -0.0625. The molecule has 2 rings (SSSR count). The SMILES string of the molecule is O=C(NNC1CC1)c1ccccc1. The maximum absolute atomic E-state index is 11.4. The largest absolute Gasteiger partial charge is 0.287 e. The molecule has 13 heavy (non-hydrogen) atoms. The van der Waals surface area contributed by atoms with Crippen LogP contribution in [0.1, 0.15) is 23.2 Å². The summed E-state index contributed by atoms with van der Waals surface area (Å²) in [5, 5.41) is 0. The minimum Gasteiger partial charge on any atom is -0.287 e. The van der Waals surface area contributed by atoms with Crippen LogP contribution in [0.5, 0.6) is 0 Å². The normalized spacial score (nSPS) is 15.4. The van der Waals surface area contributed by atoms with E-state index in [1.54, 1.807) is 12.1 Å². The van der Waals surface area contributed by atoms with Gasteiger partial charge in [0, 0.05) is 11.6 Å². The van der Waals surface area contributed by atoms with Crippen LogP contribution in [0.3, 0.4) is 0 Å². The van der Waals surface area contributed by atoms with Gasteiger partial charge in [-0.15, -0.1) is 0 Å². The Kier molecular flexibility index (Phi) is 2.27. The Morgan fingerprint density at radius 1 is 1.23 bits per heavy atom. The number of hydrazine groups is 1. The van der Waals surface area contributed by atoms with E-state index >= 15 is 0 Å². The molecule has 68 valence electrons. The number of carbonyl (C=O) groups excluding carboxylic acids is 1. The molecule has 3 nitrogen and oxygen atoms in total. The summed E-state index contributed by atoms with van der Waals surface area (Å²) in [4.78, 5) is 11.4. The van der Waals surface area contributed by atoms with E-state index < -0.39 is 0 Å². The van der Waals surface area contributed by atoms with Gasteiger partial charge in [0.05, 0.1) is 0 Å². The molecule has 0 aromatic heterocycles. The van der Waals surface area contributed by atoms with Crippen LogP contribution >= 0.6 is 0 Å². The molecule has 1 aromatic rings. The first-order chi connectivity index (χ1) is 6.36. The van der Waals surface area contributed by atoms with Gasteiger partial charge in [0.1, 0.15) is 0 Å². The second kappa shape index (κ2) is 3.58. The van der Waals surface area contributed by atoms with E-state index in [-0.39, 0.29) is 5.91 Å². The highest BCUT2D eigenvalue weighted by Gasteiger charge is 2.21. The number of carbonyl (C=O) groups is 1. The molecule has 3 heteroatoms. The fourth-order valence-corrected chi connectivity index (χ4v) is 1.06. The van der Waals surface area contributed by atoms with E-state index in [1.165, 1.54) is 0 Å². The summed E-state index contributed by atoms with van der Waals surface area (Å²) in [6.07, 6.45) is 2.32. The predicted molar refractivity (Wildman–Crippen MR) is 50.1 cm³/mol. The van der Waals surface area contributed by atoms with E-state index in [2.05, 4.69) is 10.9 Å². The van der Waals surface area contributed by atoms with E-state index in [1.807, 2.05) is 18.2 Å². The van der Waals surface area contributed by atoms with Crippen LogP contribution in [0.25, 0.3) is 0 Å². The first-order valence-electron chi connectivity index (χ1n) is 4.47. The number of hydrogen-bond donors (Lipinski definition) is 2. The lowest BCUT2D eigenvalue weighted by Gasteiger charge is -2.04. The van der Waals surface area contributed by atoms with Gasteiger partial charge in [-0.2, -0.15) is 0 Å². The quantitative estimate of drug-likeness (QED) is 0.677. The Bertz CT molecular complexity index is 293. The molecule has 0 spiro atoms. The van der Waals surface area contributed by atoms with Crippen molar-refractivity contribution >= 4 is 5.91 Å². The van der Waals surface area contributed by atoms with Crippen molar-refractivity contribution in [3.63, 3.8) is 0 Å². The molecule has 0 atom stereocenters. The van der Waals surface area contributed by atoms with Gasteiger partial charge < -0.3 is 0 Å². The van der Waals surface area contributed by atoms with Crippen LogP contribution in [-0.2, 0) is 0 Å². The van der Waals surface area contributed by atoms with Crippen molar-refractivity contribution in [2.45, 2.75) is 18.9 Å². The summed E-state index contributed by atoms with van der Waals surface area (Å²) in [6.45, 7) is 0. The van der Waals surface area contributed by atoms with Crippen LogP contribution in [0, 0.1) is 0 Å². The molecular weight excluding hydrogens is 164 g/mol. The lowest BCUT2D eigenvalue weighted by atomic mass is 10.2. The number of nitrogens with one attached hydrogen (secondary N) is 2.